The van der Waals surface area contributed by atoms with Gasteiger partial charge in [-0.3, -0.25) is 10.1 Å². The van der Waals surface area contributed by atoms with Gasteiger partial charge in [0, 0.05) is 13.1 Å². The van der Waals surface area contributed by atoms with E-state index < -0.39 is 12.2 Å². The molecule has 0 aliphatic rings. The maximum Gasteiger partial charge on any atom is 0.707 e. The number of nitro benzene ring substituents is 1. The Morgan fingerprint density at radius 1 is 1.23 bits per heavy atom. The van der Waals surface area contributed by atoms with E-state index in [1.807, 2.05) is 4.90 Å². The average molecular weight is 310 g/mol. The summed E-state index contributed by atoms with van der Waals surface area (Å²) in [6.45, 7) is 9.61. The van der Waals surface area contributed by atoms with Crippen molar-refractivity contribution in [3.8, 4) is 5.75 Å². The van der Waals surface area contributed by atoms with Crippen LogP contribution < -0.4 is 9.55 Å². The molecule has 0 heterocycles. The lowest BCUT2D eigenvalue weighted by molar-refractivity contribution is -0.384. The van der Waals surface area contributed by atoms with Crippen LogP contribution in [0.3, 0.4) is 0 Å². The summed E-state index contributed by atoms with van der Waals surface area (Å²) in [7, 11) is -2.01. The van der Waals surface area contributed by atoms with Crippen molar-refractivity contribution in [1.82, 2.24) is 0 Å². The van der Waals surface area contributed by atoms with Crippen LogP contribution in [-0.2, 0) is 0 Å². The number of nitrogens with zero attached hydrogens (tertiary/aromatic N) is 2. The van der Waals surface area contributed by atoms with Crippen LogP contribution in [0.25, 0.3) is 0 Å². The first-order chi connectivity index (χ1) is 10.2. The van der Waals surface area contributed by atoms with Gasteiger partial charge in [-0.1, -0.05) is 27.7 Å². The molecule has 0 aliphatic heterocycles. The van der Waals surface area contributed by atoms with Gasteiger partial charge in [0.05, 0.1) is 11.0 Å². The van der Waals surface area contributed by atoms with Gasteiger partial charge in [-0.25, -0.2) is 0 Å². The number of hydrogen-bond acceptors (Lipinski definition) is 6. The van der Waals surface area contributed by atoms with Crippen LogP contribution in [-0.4, -0.2) is 35.4 Å². The van der Waals surface area contributed by atoms with E-state index in [1.54, 1.807) is 6.07 Å². The summed E-state index contributed by atoms with van der Waals surface area (Å²) in [5.74, 6) is 0.751. The molecule has 0 aliphatic carbocycles. The summed E-state index contributed by atoms with van der Waals surface area (Å²) >= 11 is 0. The van der Waals surface area contributed by atoms with E-state index in [4.69, 9.17) is 14.7 Å². The van der Waals surface area contributed by atoms with Crippen molar-refractivity contribution in [2.75, 3.05) is 18.0 Å². The Labute approximate surface area is 130 Å². The highest BCUT2D eigenvalue weighted by molar-refractivity contribution is 6.33. The number of rotatable bonds is 8. The molecule has 8 heteroatoms. The fourth-order valence-corrected chi connectivity index (χ4v) is 2.26. The molecular weight excluding hydrogens is 287 g/mol. The van der Waals surface area contributed by atoms with Crippen LogP contribution in [0.4, 0.5) is 11.4 Å². The molecule has 0 amide bonds. The molecule has 0 bridgehead atoms. The normalized spacial score (nSPS) is 10.9. The van der Waals surface area contributed by atoms with Crippen molar-refractivity contribution in [2.24, 2.45) is 11.8 Å². The van der Waals surface area contributed by atoms with Gasteiger partial charge in [-0.2, -0.15) is 0 Å². The van der Waals surface area contributed by atoms with E-state index >= 15 is 0 Å². The second-order valence-electron chi connectivity index (χ2n) is 6.04. The predicted octanol–water partition coefficient (Wildman–Crippen LogP) is 2.06. The van der Waals surface area contributed by atoms with Crippen molar-refractivity contribution >= 4 is 18.7 Å². The molecule has 0 saturated carbocycles. The van der Waals surface area contributed by atoms with Crippen LogP contribution in [0, 0.1) is 22.0 Å². The standard InChI is InChI=1S/C14H23BN2O5/c1-10(2)8-16(9-11(3)4)13-6-5-12(22-15(18)19)7-14(13)17(20)21/h5-7,10-11,18-19H,8-9H2,1-4H3. The molecule has 2 N–H and O–H groups in total. The largest absolute Gasteiger partial charge is 0.707 e. The molecule has 0 radical (unpaired) electrons. The lowest BCUT2D eigenvalue weighted by Gasteiger charge is -2.28. The van der Waals surface area contributed by atoms with Gasteiger partial charge in [-0.15, -0.1) is 0 Å². The highest BCUT2D eigenvalue weighted by atomic mass is 16.6. The van der Waals surface area contributed by atoms with E-state index in [0.29, 0.717) is 30.6 Å². The Bertz CT molecular complexity index is 498. The first kappa shape index (κ1) is 18.3. The number of anilines is 1. The Morgan fingerprint density at radius 2 is 1.77 bits per heavy atom. The lowest BCUT2D eigenvalue weighted by Crippen LogP contribution is -2.31. The Kier molecular flexibility index (Phi) is 6.64. The van der Waals surface area contributed by atoms with Crippen molar-refractivity contribution < 1.29 is 19.6 Å². The predicted molar refractivity (Wildman–Crippen MR) is 85.8 cm³/mol. The van der Waals surface area contributed by atoms with Crippen LogP contribution in [0.15, 0.2) is 18.2 Å². The lowest BCUT2D eigenvalue weighted by atomic mass is 10.1. The maximum atomic E-state index is 11.3. The van der Waals surface area contributed by atoms with Crippen molar-refractivity contribution in [3.63, 3.8) is 0 Å². The molecule has 0 saturated heterocycles. The number of benzene rings is 1. The average Bonchev–Trinajstić information content (AvgIpc) is 2.35. The van der Waals surface area contributed by atoms with Gasteiger partial charge in [0.2, 0.25) is 0 Å². The third-order valence-corrected chi connectivity index (χ3v) is 2.90. The minimum Gasteiger partial charge on any atom is -0.512 e. The molecule has 0 unspecified atom stereocenters. The van der Waals surface area contributed by atoms with Crippen LogP contribution >= 0.6 is 0 Å². The van der Waals surface area contributed by atoms with Crippen LogP contribution in [0.2, 0.25) is 0 Å². The Morgan fingerprint density at radius 3 is 2.18 bits per heavy atom. The minimum absolute atomic E-state index is 0.0412. The summed E-state index contributed by atoms with van der Waals surface area (Å²) < 4.78 is 4.69. The second-order valence-corrected chi connectivity index (χ2v) is 6.04. The first-order valence-electron chi connectivity index (χ1n) is 7.26. The second kappa shape index (κ2) is 8.00. The van der Waals surface area contributed by atoms with Gasteiger partial charge in [0.25, 0.3) is 5.69 Å². The Balaban J connectivity index is 3.20. The first-order valence-corrected chi connectivity index (χ1v) is 7.26. The van der Waals surface area contributed by atoms with Gasteiger partial charge in [0.1, 0.15) is 11.4 Å². The zero-order valence-corrected chi connectivity index (χ0v) is 13.4. The van der Waals surface area contributed by atoms with Crippen molar-refractivity contribution in [1.29, 1.82) is 0 Å². The molecule has 0 aromatic heterocycles. The maximum absolute atomic E-state index is 11.3. The fraction of sp³-hybridized carbons (Fsp3) is 0.571. The van der Waals surface area contributed by atoms with E-state index in [-0.39, 0.29) is 11.4 Å². The molecule has 0 spiro atoms. The molecule has 0 fully saturated rings. The smallest absolute Gasteiger partial charge is 0.512 e. The quantitative estimate of drug-likeness (QED) is 0.433. The van der Waals surface area contributed by atoms with Crippen LogP contribution in [0.1, 0.15) is 27.7 Å². The molecule has 0 atom stereocenters. The molecule has 7 nitrogen and oxygen atoms in total. The summed E-state index contributed by atoms with van der Waals surface area (Å²) in [5.41, 5.74) is 0.395. The molecule has 122 valence electrons. The van der Waals surface area contributed by atoms with E-state index in [2.05, 4.69) is 27.7 Å². The third-order valence-electron chi connectivity index (χ3n) is 2.90. The zero-order valence-electron chi connectivity index (χ0n) is 13.4. The monoisotopic (exact) mass is 310 g/mol. The van der Waals surface area contributed by atoms with E-state index in [0.717, 1.165) is 0 Å². The molecular formula is C14H23BN2O5. The SMILES string of the molecule is CC(C)CN(CC(C)C)c1ccc(OB(O)O)cc1[N+](=O)[O-]. The highest BCUT2D eigenvalue weighted by Gasteiger charge is 2.23. The fourth-order valence-electron chi connectivity index (χ4n) is 2.26. The third kappa shape index (κ3) is 5.53. The topological polar surface area (TPSA) is 96.1 Å². The van der Waals surface area contributed by atoms with Gasteiger partial charge < -0.3 is 19.6 Å². The molecule has 1 rings (SSSR count). The molecule has 1 aromatic carbocycles. The van der Waals surface area contributed by atoms with E-state index in [9.17, 15) is 10.1 Å². The minimum atomic E-state index is -2.01. The van der Waals surface area contributed by atoms with Crippen molar-refractivity contribution in [2.45, 2.75) is 27.7 Å². The van der Waals surface area contributed by atoms with Gasteiger partial charge in [-0.05, 0) is 24.0 Å². The summed E-state index contributed by atoms with van der Waals surface area (Å²) in [6.07, 6.45) is 0. The van der Waals surface area contributed by atoms with Crippen LogP contribution in [0.5, 0.6) is 5.75 Å². The molecule has 22 heavy (non-hydrogen) atoms. The zero-order chi connectivity index (χ0) is 16.9. The van der Waals surface area contributed by atoms with Crippen molar-refractivity contribution in [3.05, 3.63) is 28.3 Å². The highest BCUT2D eigenvalue weighted by Crippen LogP contribution is 2.33. The summed E-state index contributed by atoms with van der Waals surface area (Å²) in [6, 6.07) is 4.29. The molecule has 1 aromatic rings. The number of nitro groups is 1. The summed E-state index contributed by atoms with van der Waals surface area (Å²) in [5, 5.41) is 28.9. The summed E-state index contributed by atoms with van der Waals surface area (Å²) in [4.78, 5) is 12.8. The van der Waals surface area contributed by atoms with E-state index in [1.165, 1.54) is 12.1 Å². The van der Waals surface area contributed by atoms with Gasteiger partial charge in [0.15, 0.2) is 0 Å². The Hall–Kier alpha value is -1.80. The number of hydrogen-bond donors (Lipinski definition) is 2. The van der Waals surface area contributed by atoms with Gasteiger partial charge >= 0.3 is 7.32 Å².